The van der Waals surface area contributed by atoms with E-state index in [1.165, 1.54) is 11.3 Å². The average molecular weight is 470 g/mol. The monoisotopic (exact) mass is 469 g/mol. The molecule has 1 aromatic heterocycles. The van der Waals surface area contributed by atoms with Gasteiger partial charge in [-0.15, -0.1) is 0 Å². The fourth-order valence-corrected chi connectivity index (χ4v) is 4.97. The van der Waals surface area contributed by atoms with Crippen molar-refractivity contribution in [3.63, 3.8) is 0 Å². The van der Waals surface area contributed by atoms with Crippen LogP contribution >= 0.6 is 11.3 Å². The Morgan fingerprint density at radius 2 is 1.73 bits per heavy atom. The van der Waals surface area contributed by atoms with E-state index in [4.69, 9.17) is 23.9 Å². The molecule has 33 heavy (non-hydrogen) atoms. The van der Waals surface area contributed by atoms with Crippen LogP contribution in [0, 0.1) is 0 Å². The quantitative estimate of drug-likeness (QED) is 0.524. The number of thiazole rings is 1. The fourth-order valence-electron chi connectivity index (χ4n) is 3.96. The van der Waals surface area contributed by atoms with Gasteiger partial charge in [0.2, 0.25) is 6.10 Å². The number of rotatable bonds is 7. The molecule has 2 aromatic carbocycles. The molecule has 174 valence electrons. The number of anilines is 1. The van der Waals surface area contributed by atoms with E-state index < -0.39 is 6.10 Å². The number of para-hydroxylation sites is 2. The van der Waals surface area contributed by atoms with Crippen molar-refractivity contribution in [2.75, 3.05) is 50.9 Å². The van der Waals surface area contributed by atoms with Crippen LogP contribution in [0.4, 0.5) is 5.13 Å². The average Bonchev–Trinajstić information content (AvgIpc) is 3.27. The minimum absolute atomic E-state index is 0.159. The number of amides is 1. The van der Waals surface area contributed by atoms with Crippen molar-refractivity contribution < 1.29 is 23.7 Å². The van der Waals surface area contributed by atoms with Gasteiger partial charge in [0.25, 0.3) is 5.91 Å². The molecule has 5 rings (SSSR count). The number of ether oxygens (including phenoxy) is 4. The van der Waals surface area contributed by atoms with E-state index in [0.717, 1.165) is 29.9 Å². The Kier molecular flexibility index (Phi) is 6.24. The molecular weight excluding hydrogens is 442 g/mol. The minimum atomic E-state index is -0.733. The number of benzene rings is 2. The van der Waals surface area contributed by atoms with Gasteiger partial charge in [0.05, 0.1) is 10.2 Å². The van der Waals surface area contributed by atoms with Gasteiger partial charge in [0, 0.05) is 25.2 Å². The van der Waals surface area contributed by atoms with Crippen LogP contribution < -0.4 is 23.8 Å². The highest BCUT2D eigenvalue weighted by Gasteiger charge is 2.33. The first-order valence-electron chi connectivity index (χ1n) is 11.3. The van der Waals surface area contributed by atoms with E-state index in [0.29, 0.717) is 47.9 Å². The molecule has 1 amide bonds. The van der Waals surface area contributed by atoms with Crippen molar-refractivity contribution in [1.29, 1.82) is 0 Å². The molecular formula is C24H27N3O5S. The largest absolute Gasteiger partial charge is 0.486 e. The Balaban J connectivity index is 1.44. The summed E-state index contributed by atoms with van der Waals surface area (Å²) in [5.74, 6) is 2.48. The Labute approximate surface area is 196 Å². The molecule has 2 aliphatic rings. The minimum Gasteiger partial charge on any atom is -0.486 e. The molecule has 0 radical (unpaired) electrons. The van der Waals surface area contributed by atoms with E-state index in [2.05, 4.69) is 18.7 Å². The maximum absolute atomic E-state index is 13.7. The molecule has 1 atom stereocenters. The molecule has 9 heteroatoms. The third-order valence-corrected chi connectivity index (χ3v) is 6.90. The van der Waals surface area contributed by atoms with Crippen LogP contribution in [0.2, 0.25) is 0 Å². The summed E-state index contributed by atoms with van der Waals surface area (Å²) in [4.78, 5) is 22.4. The van der Waals surface area contributed by atoms with Gasteiger partial charge >= 0.3 is 0 Å². The van der Waals surface area contributed by atoms with Gasteiger partial charge in [-0.2, -0.15) is 0 Å². The zero-order valence-corrected chi connectivity index (χ0v) is 19.6. The molecule has 0 aliphatic carbocycles. The summed E-state index contributed by atoms with van der Waals surface area (Å²) in [5, 5.41) is 0.631. The van der Waals surface area contributed by atoms with Crippen molar-refractivity contribution in [2.24, 2.45) is 0 Å². The number of aromatic nitrogens is 1. The maximum Gasteiger partial charge on any atom is 0.273 e. The Morgan fingerprint density at radius 1 is 1.00 bits per heavy atom. The normalized spacial score (nSPS) is 16.8. The molecule has 0 bridgehead atoms. The molecule has 0 saturated heterocycles. The fraction of sp³-hybridized carbons (Fsp3) is 0.417. The smallest absolute Gasteiger partial charge is 0.273 e. The van der Waals surface area contributed by atoms with Crippen molar-refractivity contribution in [2.45, 2.75) is 20.0 Å². The highest BCUT2D eigenvalue weighted by Crippen LogP contribution is 2.39. The van der Waals surface area contributed by atoms with Crippen LogP contribution in [0.3, 0.4) is 0 Å². The van der Waals surface area contributed by atoms with E-state index in [-0.39, 0.29) is 12.5 Å². The van der Waals surface area contributed by atoms with Crippen molar-refractivity contribution in [1.82, 2.24) is 9.88 Å². The van der Waals surface area contributed by atoms with Crippen LogP contribution in [-0.2, 0) is 4.79 Å². The standard InChI is InChI=1S/C24H27N3O5S/c1-3-26(4-2)9-10-27(23(28)21-15-31-17-7-5-6-8-18(17)32-21)24-25-16-13-19-20(14-22(16)33-24)30-12-11-29-19/h5-8,13-14,21H,3-4,9-12,15H2,1-2H3. The number of carbonyl (C=O) groups is 1. The predicted molar refractivity (Wildman–Crippen MR) is 127 cm³/mol. The number of carbonyl (C=O) groups excluding carboxylic acids is 1. The van der Waals surface area contributed by atoms with Crippen molar-refractivity contribution in [3.05, 3.63) is 36.4 Å². The van der Waals surface area contributed by atoms with E-state index >= 15 is 0 Å². The first kappa shape index (κ1) is 21.8. The Hall–Kier alpha value is -3.04. The van der Waals surface area contributed by atoms with E-state index in [1.54, 1.807) is 4.90 Å². The van der Waals surface area contributed by atoms with E-state index in [1.807, 2.05) is 36.4 Å². The van der Waals surface area contributed by atoms with Gasteiger partial charge < -0.3 is 23.8 Å². The van der Waals surface area contributed by atoms with Crippen molar-refractivity contribution in [3.8, 4) is 23.0 Å². The second-order valence-corrected chi connectivity index (χ2v) is 8.85. The predicted octanol–water partition coefficient (Wildman–Crippen LogP) is 3.58. The maximum atomic E-state index is 13.7. The topological polar surface area (TPSA) is 73.4 Å². The van der Waals surface area contributed by atoms with Gasteiger partial charge in [0.15, 0.2) is 28.1 Å². The lowest BCUT2D eigenvalue weighted by molar-refractivity contribution is -0.127. The summed E-state index contributed by atoms with van der Waals surface area (Å²) < 4.78 is 24.2. The van der Waals surface area contributed by atoms with Crippen LogP contribution in [-0.4, -0.2) is 67.9 Å². The van der Waals surface area contributed by atoms with Crippen LogP contribution in [0.1, 0.15) is 13.8 Å². The molecule has 0 spiro atoms. The summed E-state index contributed by atoms with van der Waals surface area (Å²) in [6, 6.07) is 11.2. The number of hydrogen-bond donors (Lipinski definition) is 0. The summed E-state index contributed by atoms with van der Waals surface area (Å²) in [6.07, 6.45) is -0.733. The second kappa shape index (κ2) is 9.44. The number of fused-ring (bicyclic) bond motifs is 3. The molecule has 8 nitrogen and oxygen atoms in total. The van der Waals surface area contributed by atoms with E-state index in [9.17, 15) is 4.79 Å². The van der Waals surface area contributed by atoms with Gasteiger partial charge in [-0.05, 0) is 25.2 Å². The second-order valence-electron chi connectivity index (χ2n) is 7.84. The van der Waals surface area contributed by atoms with Gasteiger partial charge in [-0.3, -0.25) is 9.69 Å². The Bertz CT molecular complexity index is 1100. The SMILES string of the molecule is CCN(CC)CCN(C(=O)C1COc2ccccc2O1)c1nc2cc3c(cc2s1)OCCO3. The van der Waals surface area contributed by atoms with Gasteiger partial charge in [-0.25, -0.2) is 4.98 Å². The lowest BCUT2D eigenvalue weighted by Gasteiger charge is -2.30. The van der Waals surface area contributed by atoms with Crippen LogP contribution in [0.25, 0.3) is 10.2 Å². The zero-order chi connectivity index (χ0) is 22.8. The van der Waals surface area contributed by atoms with Crippen LogP contribution in [0.15, 0.2) is 36.4 Å². The molecule has 3 aromatic rings. The summed E-state index contributed by atoms with van der Waals surface area (Å²) in [7, 11) is 0. The molecule has 2 aliphatic heterocycles. The summed E-state index contributed by atoms with van der Waals surface area (Å²) in [6.45, 7) is 8.52. The summed E-state index contributed by atoms with van der Waals surface area (Å²) >= 11 is 1.47. The van der Waals surface area contributed by atoms with Crippen molar-refractivity contribution >= 4 is 32.6 Å². The molecule has 1 unspecified atom stereocenters. The highest BCUT2D eigenvalue weighted by molar-refractivity contribution is 7.22. The third kappa shape index (κ3) is 4.43. The Morgan fingerprint density at radius 3 is 2.48 bits per heavy atom. The first-order valence-corrected chi connectivity index (χ1v) is 12.1. The highest BCUT2D eigenvalue weighted by atomic mass is 32.1. The molecule has 0 N–H and O–H groups in total. The van der Waals surface area contributed by atoms with Gasteiger partial charge in [0.1, 0.15) is 19.8 Å². The lowest BCUT2D eigenvalue weighted by Crippen LogP contribution is -2.48. The number of hydrogen-bond acceptors (Lipinski definition) is 8. The molecule has 0 fully saturated rings. The molecule has 0 saturated carbocycles. The van der Waals surface area contributed by atoms with Crippen LogP contribution in [0.5, 0.6) is 23.0 Å². The van der Waals surface area contributed by atoms with Gasteiger partial charge in [-0.1, -0.05) is 37.3 Å². The first-order chi connectivity index (χ1) is 16.2. The number of likely N-dealkylation sites (N-methyl/N-ethyl adjacent to an activating group) is 1. The number of nitrogens with zero attached hydrogens (tertiary/aromatic N) is 3. The zero-order valence-electron chi connectivity index (χ0n) is 18.8. The molecule has 3 heterocycles. The third-order valence-electron chi connectivity index (χ3n) is 5.86. The lowest BCUT2D eigenvalue weighted by atomic mass is 10.2. The summed E-state index contributed by atoms with van der Waals surface area (Å²) in [5.41, 5.74) is 0.783.